The molecule has 0 atom stereocenters. The van der Waals surface area contributed by atoms with Gasteiger partial charge in [-0.15, -0.1) is 47.0 Å². The van der Waals surface area contributed by atoms with E-state index in [-0.39, 0.29) is 0 Å². The van der Waals surface area contributed by atoms with Gasteiger partial charge in [0, 0.05) is 9.79 Å². The van der Waals surface area contributed by atoms with Crippen LogP contribution >= 0.6 is 47.0 Å². The Bertz CT molecular complexity index is 810. The molecular weight excluding hydrogens is 425 g/mol. The molecule has 0 unspecified atom stereocenters. The SMILES string of the molecule is CCSc1cc(C)c(N)c(SCC)c1N.CSc1cc(C)c(N)c(SC)c1N. The van der Waals surface area contributed by atoms with Gasteiger partial charge in [-0.3, -0.25) is 0 Å². The second-order valence-corrected chi connectivity index (χ2v) is 10.2. The van der Waals surface area contributed by atoms with E-state index in [0.29, 0.717) is 0 Å². The third kappa shape index (κ3) is 6.02. The molecule has 2 aromatic rings. The standard InChI is InChI=1S/C11H18N2S2.C9H14N2S2/c1-4-14-8-6-7(3)9(12)11(10(8)13)15-5-2;1-5-4-6(12-2)8(11)9(13-3)7(5)10/h6H,4-5,12-13H2,1-3H3;4H,10-11H2,1-3H3. The van der Waals surface area contributed by atoms with Crippen LogP contribution in [0.3, 0.4) is 0 Å². The van der Waals surface area contributed by atoms with Crippen LogP contribution in [0.25, 0.3) is 0 Å². The maximum Gasteiger partial charge on any atom is 0.0611 e. The van der Waals surface area contributed by atoms with Gasteiger partial charge in [0.1, 0.15) is 0 Å². The highest BCUT2D eigenvalue weighted by Gasteiger charge is 2.12. The zero-order chi connectivity index (χ0) is 21.4. The molecule has 0 spiro atoms. The van der Waals surface area contributed by atoms with Crippen LogP contribution in [0.4, 0.5) is 22.7 Å². The van der Waals surface area contributed by atoms with Crippen molar-refractivity contribution in [3.05, 3.63) is 23.3 Å². The molecule has 0 aliphatic carbocycles. The first kappa shape index (κ1) is 25.1. The van der Waals surface area contributed by atoms with E-state index in [1.807, 2.05) is 32.4 Å². The Labute approximate surface area is 186 Å². The normalized spacial score (nSPS) is 10.5. The fourth-order valence-electron chi connectivity index (χ4n) is 2.54. The Morgan fingerprint density at radius 1 is 0.643 bits per heavy atom. The number of nitrogen functional groups attached to an aromatic ring is 4. The predicted octanol–water partition coefficient (Wildman–Crippen LogP) is 5.99. The van der Waals surface area contributed by atoms with E-state index >= 15 is 0 Å². The summed E-state index contributed by atoms with van der Waals surface area (Å²) >= 11 is 6.75. The highest BCUT2D eigenvalue weighted by atomic mass is 32.2. The Morgan fingerprint density at radius 2 is 1.11 bits per heavy atom. The third-order valence-corrected chi connectivity index (χ3v) is 7.65. The summed E-state index contributed by atoms with van der Waals surface area (Å²) < 4.78 is 0. The molecule has 0 fully saturated rings. The summed E-state index contributed by atoms with van der Waals surface area (Å²) in [6, 6.07) is 4.12. The molecule has 2 aromatic carbocycles. The van der Waals surface area contributed by atoms with Crippen molar-refractivity contribution in [2.45, 2.75) is 47.3 Å². The minimum atomic E-state index is 0.808. The zero-order valence-electron chi connectivity index (χ0n) is 17.5. The highest BCUT2D eigenvalue weighted by molar-refractivity contribution is 8.00. The van der Waals surface area contributed by atoms with Crippen molar-refractivity contribution in [1.82, 2.24) is 0 Å². The van der Waals surface area contributed by atoms with Crippen molar-refractivity contribution in [2.24, 2.45) is 0 Å². The molecule has 8 N–H and O–H groups in total. The summed E-state index contributed by atoms with van der Waals surface area (Å²) in [5.41, 5.74) is 29.5. The average Bonchev–Trinajstić information content (AvgIpc) is 2.67. The summed E-state index contributed by atoms with van der Waals surface area (Å²) in [6.45, 7) is 8.28. The van der Waals surface area contributed by atoms with Crippen LogP contribution in [0, 0.1) is 13.8 Å². The van der Waals surface area contributed by atoms with E-state index in [2.05, 4.69) is 19.9 Å². The fraction of sp³-hybridized carbons (Fsp3) is 0.400. The van der Waals surface area contributed by atoms with E-state index in [9.17, 15) is 0 Å². The van der Waals surface area contributed by atoms with Crippen molar-refractivity contribution in [1.29, 1.82) is 0 Å². The molecular formula is C20H32N4S4. The number of hydrogen-bond donors (Lipinski definition) is 4. The predicted molar refractivity (Wildman–Crippen MR) is 136 cm³/mol. The van der Waals surface area contributed by atoms with Crippen LogP contribution < -0.4 is 22.9 Å². The Morgan fingerprint density at radius 3 is 1.57 bits per heavy atom. The van der Waals surface area contributed by atoms with Crippen LogP contribution in [-0.4, -0.2) is 24.0 Å². The molecule has 0 aliphatic rings. The molecule has 0 heterocycles. The van der Waals surface area contributed by atoms with Gasteiger partial charge in [0.2, 0.25) is 0 Å². The van der Waals surface area contributed by atoms with Crippen molar-refractivity contribution >= 4 is 69.8 Å². The monoisotopic (exact) mass is 456 g/mol. The molecule has 8 heteroatoms. The van der Waals surface area contributed by atoms with Crippen LogP contribution in [0.15, 0.2) is 31.7 Å². The van der Waals surface area contributed by atoms with Gasteiger partial charge >= 0.3 is 0 Å². The Balaban J connectivity index is 0.000000283. The second kappa shape index (κ2) is 11.9. The smallest absolute Gasteiger partial charge is 0.0611 e. The second-order valence-electron chi connectivity index (χ2n) is 5.97. The lowest BCUT2D eigenvalue weighted by Crippen LogP contribution is -2.00. The highest BCUT2D eigenvalue weighted by Crippen LogP contribution is 2.40. The number of aryl methyl sites for hydroxylation is 2. The van der Waals surface area contributed by atoms with Gasteiger partial charge in [-0.25, -0.2) is 0 Å². The maximum absolute atomic E-state index is 6.10. The third-order valence-electron chi connectivity index (χ3n) is 4.07. The largest absolute Gasteiger partial charge is 0.398 e. The molecule has 2 rings (SSSR count). The fourth-order valence-corrected chi connectivity index (χ4v) is 5.70. The first-order valence-electron chi connectivity index (χ1n) is 8.93. The lowest BCUT2D eigenvalue weighted by atomic mass is 10.2. The van der Waals surface area contributed by atoms with Gasteiger partial charge < -0.3 is 22.9 Å². The maximum atomic E-state index is 6.10. The van der Waals surface area contributed by atoms with Crippen LogP contribution in [0.1, 0.15) is 25.0 Å². The number of nitrogens with two attached hydrogens (primary N) is 4. The van der Waals surface area contributed by atoms with E-state index in [0.717, 1.165) is 65.0 Å². The van der Waals surface area contributed by atoms with Crippen LogP contribution in [-0.2, 0) is 0 Å². The zero-order valence-corrected chi connectivity index (χ0v) is 20.8. The molecule has 4 nitrogen and oxygen atoms in total. The van der Waals surface area contributed by atoms with E-state index < -0.39 is 0 Å². The number of rotatable bonds is 6. The number of hydrogen-bond acceptors (Lipinski definition) is 8. The molecule has 0 aromatic heterocycles. The molecule has 0 amide bonds. The Hall–Kier alpha value is -0.960. The minimum absolute atomic E-state index is 0.808. The van der Waals surface area contributed by atoms with Crippen LogP contribution in [0.2, 0.25) is 0 Å². The van der Waals surface area contributed by atoms with Crippen LogP contribution in [0.5, 0.6) is 0 Å². The van der Waals surface area contributed by atoms with E-state index in [1.165, 1.54) is 0 Å². The van der Waals surface area contributed by atoms with Crippen molar-refractivity contribution < 1.29 is 0 Å². The van der Waals surface area contributed by atoms with Gasteiger partial charge in [0.15, 0.2) is 0 Å². The summed E-state index contributed by atoms with van der Waals surface area (Å²) in [5, 5.41) is 0. The topological polar surface area (TPSA) is 104 Å². The van der Waals surface area contributed by atoms with Gasteiger partial charge in [-0.2, -0.15) is 0 Å². The summed E-state index contributed by atoms with van der Waals surface area (Å²) in [6.07, 6.45) is 4.01. The van der Waals surface area contributed by atoms with Gasteiger partial charge in [0.05, 0.1) is 32.5 Å². The first-order valence-corrected chi connectivity index (χ1v) is 13.4. The summed E-state index contributed by atoms with van der Waals surface area (Å²) in [4.78, 5) is 4.31. The van der Waals surface area contributed by atoms with Crippen molar-refractivity contribution in [3.8, 4) is 0 Å². The molecule has 28 heavy (non-hydrogen) atoms. The molecule has 156 valence electrons. The number of thioether (sulfide) groups is 4. The molecule has 0 bridgehead atoms. The number of anilines is 4. The molecule has 0 saturated heterocycles. The molecule has 0 aliphatic heterocycles. The number of benzene rings is 2. The minimum Gasteiger partial charge on any atom is -0.398 e. The van der Waals surface area contributed by atoms with Crippen molar-refractivity contribution in [2.75, 3.05) is 47.0 Å². The average molecular weight is 457 g/mol. The lowest BCUT2D eigenvalue weighted by molar-refractivity contribution is 1.27. The van der Waals surface area contributed by atoms with Crippen molar-refractivity contribution in [3.63, 3.8) is 0 Å². The first-order chi connectivity index (χ1) is 13.2. The van der Waals surface area contributed by atoms with Gasteiger partial charge in [-0.1, -0.05) is 13.8 Å². The van der Waals surface area contributed by atoms with Gasteiger partial charge in [-0.05, 0) is 61.1 Å². The summed E-state index contributed by atoms with van der Waals surface area (Å²) in [5.74, 6) is 2.03. The summed E-state index contributed by atoms with van der Waals surface area (Å²) in [7, 11) is 0. The van der Waals surface area contributed by atoms with Gasteiger partial charge in [0.25, 0.3) is 0 Å². The quantitative estimate of drug-likeness (QED) is 0.310. The van der Waals surface area contributed by atoms with E-state index in [1.54, 1.807) is 47.0 Å². The molecule has 0 saturated carbocycles. The Kier molecular flexibility index (Phi) is 10.7. The molecule has 0 radical (unpaired) electrons. The lowest BCUT2D eigenvalue weighted by Gasteiger charge is -2.14. The van der Waals surface area contributed by atoms with E-state index in [4.69, 9.17) is 22.9 Å².